The number of rotatable bonds is 10. The van der Waals surface area contributed by atoms with Gasteiger partial charge in [0.1, 0.15) is 0 Å². The maximum absolute atomic E-state index is 11.5. The first-order valence-corrected chi connectivity index (χ1v) is 9.10. The number of hydrogen-bond acceptors (Lipinski definition) is 4. The maximum Gasteiger partial charge on any atom is 0.219 e. The first-order chi connectivity index (χ1) is 12.0. The molecule has 25 heavy (non-hydrogen) atoms. The van der Waals surface area contributed by atoms with Gasteiger partial charge in [-0.15, -0.1) is 0 Å². The van der Waals surface area contributed by atoms with Crippen LogP contribution in [0.1, 0.15) is 47.0 Å². The molecule has 1 unspecified atom stereocenters. The summed E-state index contributed by atoms with van der Waals surface area (Å²) in [4.78, 5) is 19.5. The summed E-state index contributed by atoms with van der Waals surface area (Å²) in [6.07, 6.45) is 8.92. The molecule has 0 aromatic carbocycles. The van der Waals surface area contributed by atoms with E-state index >= 15 is 0 Å². The van der Waals surface area contributed by atoms with Crippen molar-refractivity contribution >= 4 is 12.6 Å². The van der Waals surface area contributed by atoms with Crippen LogP contribution in [0.3, 0.4) is 0 Å². The number of carbonyl (C=O) groups excluding carboxylic acids is 1. The third-order valence-corrected chi connectivity index (χ3v) is 4.65. The predicted molar refractivity (Wildman–Crippen MR) is 104 cm³/mol. The topological polar surface area (TPSA) is 45.1 Å². The highest BCUT2D eigenvalue weighted by atomic mass is 16.5. The van der Waals surface area contributed by atoms with Gasteiger partial charge in [-0.2, -0.15) is 0 Å². The van der Waals surface area contributed by atoms with Crippen LogP contribution in [-0.2, 0) is 9.53 Å². The van der Waals surface area contributed by atoms with Gasteiger partial charge in [0, 0.05) is 45.4 Å². The average molecular weight is 348 g/mol. The summed E-state index contributed by atoms with van der Waals surface area (Å²) in [6, 6.07) is 0. The molecule has 5 heteroatoms. The minimum Gasteiger partial charge on any atom is -0.377 e. The molecule has 0 saturated carbocycles. The number of nitrogens with zero attached hydrogens (tertiary/aromatic N) is 3. The Morgan fingerprint density at radius 3 is 2.68 bits per heavy atom. The predicted octanol–water partition coefficient (Wildman–Crippen LogP) is 3.75. The fraction of sp³-hybridized carbons (Fsp3) is 0.600. The van der Waals surface area contributed by atoms with Crippen LogP contribution in [0.4, 0.5) is 0 Å². The summed E-state index contributed by atoms with van der Waals surface area (Å²) in [6.45, 7) is 13.9. The lowest BCUT2D eigenvalue weighted by Gasteiger charge is -2.32. The molecule has 1 atom stereocenters. The first kappa shape index (κ1) is 21.2. The standard InChI is InChI=1S/C20H33N3O2/c1-7-22(17(4)24)13-10-9-11-19(25-6)20-16(3)12-14-23(8-2)18(20)15-21-5/h12,14-15,19H,5,7-11,13H2,1-4,6H3/b18-15-. The van der Waals surface area contributed by atoms with Crippen molar-refractivity contribution in [3.8, 4) is 0 Å². The van der Waals surface area contributed by atoms with E-state index in [4.69, 9.17) is 4.74 Å². The molecule has 0 radical (unpaired) electrons. The number of likely N-dealkylation sites (N-methyl/N-ethyl adjacent to an activating group) is 1. The third-order valence-electron chi connectivity index (χ3n) is 4.65. The minimum absolute atomic E-state index is 0.0133. The number of allylic oxidation sites excluding steroid dienone is 2. The Kier molecular flexibility index (Phi) is 9.21. The molecule has 0 aromatic rings. The molecule has 0 N–H and O–H groups in total. The van der Waals surface area contributed by atoms with E-state index in [1.165, 1.54) is 11.1 Å². The molecule has 1 rings (SSSR count). The van der Waals surface area contributed by atoms with E-state index in [0.717, 1.165) is 44.6 Å². The quantitative estimate of drug-likeness (QED) is 0.447. The number of amides is 1. The molecular formula is C20H33N3O2. The van der Waals surface area contributed by atoms with Gasteiger partial charge in [0.2, 0.25) is 5.91 Å². The largest absolute Gasteiger partial charge is 0.377 e. The maximum atomic E-state index is 11.5. The highest BCUT2D eigenvalue weighted by molar-refractivity contribution is 5.73. The second-order valence-electron chi connectivity index (χ2n) is 6.21. The molecular weight excluding hydrogens is 314 g/mol. The molecule has 1 aliphatic rings. The summed E-state index contributed by atoms with van der Waals surface area (Å²) in [5.41, 5.74) is 3.44. The fourth-order valence-electron chi connectivity index (χ4n) is 3.20. The normalized spacial score (nSPS) is 17.2. The van der Waals surface area contributed by atoms with Crippen molar-refractivity contribution in [2.24, 2.45) is 4.99 Å². The van der Waals surface area contributed by atoms with Gasteiger partial charge >= 0.3 is 0 Å². The van der Waals surface area contributed by atoms with E-state index in [0.29, 0.717) is 0 Å². The van der Waals surface area contributed by atoms with Crippen molar-refractivity contribution in [1.29, 1.82) is 0 Å². The summed E-state index contributed by atoms with van der Waals surface area (Å²) >= 11 is 0. The van der Waals surface area contributed by atoms with Gasteiger partial charge in [0.25, 0.3) is 0 Å². The molecule has 5 nitrogen and oxygen atoms in total. The van der Waals surface area contributed by atoms with Crippen LogP contribution in [-0.4, -0.2) is 55.3 Å². The fourth-order valence-corrected chi connectivity index (χ4v) is 3.20. The highest BCUT2D eigenvalue weighted by Gasteiger charge is 2.24. The lowest BCUT2D eigenvalue weighted by Crippen LogP contribution is -2.30. The van der Waals surface area contributed by atoms with Gasteiger partial charge in [-0.3, -0.25) is 9.79 Å². The van der Waals surface area contributed by atoms with Crippen molar-refractivity contribution in [3.05, 3.63) is 35.3 Å². The second kappa shape index (κ2) is 10.9. The highest BCUT2D eigenvalue weighted by Crippen LogP contribution is 2.31. The van der Waals surface area contributed by atoms with E-state index in [2.05, 4.69) is 42.7 Å². The van der Waals surface area contributed by atoms with Gasteiger partial charge in [-0.05, 0) is 58.4 Å². The first-order valence-electron chi connectivity index (χ1n) is 9.10. The Morgan fingerprint density at radius 2 is 2.16 bits per heavy atom. The number of aliphatic imine (C=N–C) groups is 1. The molecule has 0 fully saturated rings. The average Bonchev–Trinajstić information content (AvgIpc) is 2.59. The number of unbranched alkanes of at least 4 members (excludes halogenated alkanes) is 1. The lowest BCUT2D eigenvalue weighted by molar-refractivity contribution is -0.128. The molecule has 0 spiro atoms. The lowest BCUT2D eigenvalue weighted by atomic mass is 9.93. The molecule has 0 aromatic heterocycles. The summed E-state index contributed by atoms with van der Waals surface area (Å²) in [7, 11) is 1.76. The van der Waals surface area contributed by atoms with Gasteiger partial charge in [0.05, 0.1) is 18.0 Å². The molecule has 0 bridgehead atoms. The molecule has 1 aliphatic heterocycles. The summed E-state index contributed by atoms with van der Waals surface area (Å²) in [5, 5.41) is 0. The van der Waals surface area contributed by atoms with E-state index < -0.39 is 0 Å². The molecule has 0 saturated heterocycles. The van der Waals surface area contributed by atoms with E-state index in [1.54, 1.807) is 14.0 Å². The van der Waals surface area contributed by atoms with Crippen LogP contribution < -0.4 is 0 Å². The van der Waals surface area contributed by atoms with E-state index in [9.17, 15) is 4.79 Å². The number of carbonyl (C=O) groups is 1. The van der Waals surface area contributed by atoms with Crippen molar-refractivity contribution in [2.45, 2.75) is 53.1 Å². The number of hydrogen-bond donors (Lipinski definition) is 0. The smallest absolute Gasteiger partial charge is 0.219 e. The number of ether oxygens (including phenoxy) is 1. The van der Waals surface area contributed by atoms with Gasteiger partial charge < -0.3 is 14.5 Å². The van der Waals surface area contributed by atoms with Gasteiger partial charge in [-0.25, -0.2) is 0 Å². The van der Waals surface area contributed by atoms with E-state index in [-0.39, 0.29) is 12.0 Å². The molecule has 1 heterocycles. The number of methoxy groups -OCH3 is 1. The van der Waals surface area contributed by atoms with Crippen LogP contribution in [0.15, 0.2) is 40.3 Å². The Labute approximate surface area is 152 Å². The second-order valence-corrected chi connectivity index (χ2v) is 6.21. The van der Waals surface area contributed by atoms with Crippen LogP contribution in [0.25, 0.3) is 0 Å². The Morgan fingerprint density at radius 1 is 1.44 bits per heavy atom. The van der Waals surface area contributed by atoms with Crippen LogP contribution >= 0.6 is 0 Å². The molecule has 0 aliphatic carbocycles. The zero-order valence-corrected chi connectivity index (χ0v) is 16.4. The molecule has 1 amide bonds. The van der Waals surface area contributed by atoms with Crippen LogP contribution in [0.2, 0.25) is 0 Å². The Balaban J connectivity index is 2.79. The monoisotopic (exact) mass is 347 g/mol. The summed E-state index contributed by atoms with van der Waals surface area (Å²) in [5.74, 6) is 0.141. The van der Waals surface area contributed by atoms with Crippen molar-refractivity contribution in [2.75, 3.05) is 26.7 Å². The third kappa shape index (κ3) is 5.85. The summed E-state index contributed by atoms with van der Waals surface area (Å²) < 4.78 is 5.81. The zero-order valence-electron chi connectivity index (χ0n) is 16.4. The van der Waals surface area contributed by atoms with Crippen LogP contribution in [0.5, 0.6) is 0 Å². The van der Waals surface area contributed by atoms with E-state index in [1.807, 2.05) is 18.0 Å². The van der Waals surface area contributed by atoms with Crippen molar-refractivity contribution in [1.82, 2.24) is 9.80 Å². The van der Waals surface area contributed by atoms with Crippen LogP contribution in [0, 0.1) is 0 Å². The Hall–Kier alpha value is -1.88. The van der Waals surface area contributed by atoms with Crippen molar-refractivity contribution in [3.63, 3.8) is 0 Å². The van der Waals surface area contributed by atoms with Gasteiger partial charge in [-0.1, -0.05) is 0 Å². The van der Waals surface area contributed by atoms with Gasteiger partial charge in [0.15, 0.2) is 0 Å². The molecule has 140 valence electrons. The minimum atomic E-state index is 0.0133. The zero-order chi connectivity index (χ0) is 18.8. The SMILES string of the molecule is C=N/C=C1/C(C(CCCCN(CC)C(C)=O)OC)=C(C)C=CN1CC. The van der Waals surface area contributed by atoms with Crippen molar-refractivity contribution < 1.29 is 9.53 Å². The Bertz CT molecular complexity index is 549.